The number of rotatable bonds is 6. The second-order valence-corrected chi connectivity index (χ2v) is 5.29. The summed E-state index contributed by atoms with van der Waals surface area (Å²) in [5.74, 6) is 1.18. The van der Waals surface area contributed by atoms with Crippen LogP contribution in [0, 0.1) is 0 Å². The highest BCUT2D eigenvalue weighted by atomic mass is 16.5. The molecule has 6 heteroatoms. The largest absolute Gasteiger partial charge is 0.481 e. The second-order valence-electron chi connectivity index (χ2n) is 5.29. The minimum atomic E-state index is 0.557. The monoisotopic (exact) mass is 309 g/mol. The van der Waals surface area contributed by atoms with Crippen molar-refractivity contribution in [3.63, 3.8) is 0 Å². The Kier molecular flexibility index (Phi) is 4.52. The molecule has 0 amide bonds. The third kappa shape index (κ3) is 3.85. The molecule has 23 heavy (non-hydrogen) atoms. The van der Waals surface area contributed by atoms with Gasteiger partial charge < -0.3 is 9.64 Å². The molecule has 0 bridgehead atoms. The lowest BCUT2D eigenvalue weighted by Crippen LogP contribution is -2.18. The van der Waals surface area contributed by atoms with Gasteiger partial charge >= 0.3 is 0 Å². The molecular weight excluding hydrogens is 290 g/mol. The summed E-state index contributed by atoms with van der Waals surface area (Å²) < 4.78 is 7.07. The van der Waals surface area contributed by atoms with Crippen LogP contribution in [0.2, 0.25) is 0 Å². The molecule has 0 spiro atoms. The Hall–Kier alpha value is -2.89. The van der Waals surface area contributed by atoms with Gasteiger partial charge in [0.25, 0.3) is 0 Å². The van der Waals surface area contributed by atoms with Crippen molar-refractivity contribution in [3.8, 4) is 5.88 Å². The van der Waals surface area contributed by atoms with Crippen LogP contribution in [0.1, 0.15) is 11.1 Å². The molecule has 3 rings (SSSR count). The van der Waals surface area contributed by atoms with E-state index in [1.54, 1.807) is 19.4 Å². The molecular formula is C17H19N5O. The van der Waals surface area contributed by atoms with E-state index in [2.05, 4.69) is 27.2 Å². The first-order chi connectivity index (χ1) is 11.2. The van der Waals surface area contributed by atoms with E-state index in [4.69, 9.17) is 4.74 Å². The standard InChI is InChI=1S/C17H19N5O/c1-21(17-18-9-8-16(20-17)23-2)11-15-10-19-22(13-15)12-14-6-4-3-5-7-14/h3-10,13H,11-12H2,1-2H3. The normalized spacial score (nSPS) is 10.5. The SMILES string of the molecule is COc1ccnc(N(C)Cc2cnn(Cc3ccccc3)c2)n1. The lowest BCUT2D eigenvalue weighted by molar-refractivity contribution is 0.397. The van der Waals surface area contributed by atoms with Crippen LogP contribution in [0.15, 0.2) is 55.0 Å². The van der Waals surface area contributed by atoms with E-state index in [0.29, 0.717) is 18.4 Å². The summed E-state index contributed by atoms with van der Waals surface area (Å²) in [5, 5.41) is 4.42. The van der Waals surface area contributed by atoms with Gasteiger partial charge in [0.15, 0.2) is 0 Å². The molecule has 0 aliphatic carbocycles. The van der Waals surface area contributed by atoms with Crippen molar-refractivity contribution in [2.24, 2.45) is 0 Å². The molecule has 2 aromatic heterocycles. The Labute approximate surface area is 135 Å². The van der Waals surface area contributed by atoms with Gasteiger partial charge in [-0.25, -0.2) is 4.98 Å². The van der Waals surface area contributed by atoms with Crippen LogP contribution >= 0.6 is 0 Å². The molecule has 2 heterocycles. The molecule has 6 nitrogen and oxygen atoms in total. The topological polar surface area (TPSA) is 56.1 Å². The predicted molar refractivity (Wildman–Crippen MR) is 88.5 cm³/mol. The van der Waals surface area contributed by atoms with Crippen molar-refractivity contribution in [2.45, 2.75) is 13.1 Å². The van der Waals surface area contributed by atoms with E-state index < -0.39 is 0 Å². The van der Waals surface area contributed by atoms with Crippen LogP contribution in [0.3, 0.4) is 0 Å². The van der Waals surface area contributed by atoms with Crippen LogP contribution in [-0.2, 0) is 13.1 Å². The summed E-state index contributed by atoms with van der Waals surface area (Å²) in [6.45, 7) is 1.45. The first kappa shape index (κ1) is 15.0. The van der Waals surface area contributed by atoms with Gasteiger partial charge in [0.2, 0.25) is 11.8 Å². The van der Waals surface area contributed by atoms with E-state index in [1.165, 1.54) is 5.56 Å². The van der Waals surface area contributed by atoms with E-state index >= 15 is 0 Å². The molecule has 1 aromatic carbocycles. The summed E-state index contributed by atoms with van der Waals surface area (Å²) in [4.78, 5) is 10.6. The van der Waals surface area contributed by atoms with Gasteiger partial charge in [-0.3, -0.25) is 4.68 Å². The highest BCUT2D eigenvalue weighted by molar-refractivity contribution is 5.32. The quantitative estimate of drug-likeness (QED) is 0.699. The molecule has 3 aromatic rings. The van der Waals surface area contributed by atoms with Gasteiger partial charge in [0, 0.05) is 37.6 Å². The van der Waals surface area contributed by atoms with Crippen LogP contribution in [0.25, 0.3) is 0 Å². The fourth-order valence-corrected chi connectivity index (χ4v) is 2.32. The average Bonchev–Trinajstić information content (AvgIpc) is 3.02. The van der Waals surface area contributed by atoms with Gasteiger partial charge in [0.1, 0.15) is 0 Å². The van der Waals surface area contributed by atoms with Crippen LogP contribution in [0.4, 0.5) is 5.95 Å². The van der Waals surface area contributed by atoms with Crippen LogP contribution in [0.5, 0.6) is 5.88 Å². The number of methoxy groups -OCH3 is 1. The first-order valence-electron chi connectivity index (χ1n) is 7.38. The molecule has 0 atom stereocenters. The summed E-state index contributed by atoms with van der Waals surface area (Å²) in [6, 6.07) is 12.0. The molecule has 0 fully saturated rings. The van der Waals surface area contributed by atoms with Crippen molar-refractivity contribution in [1.82, 2.24) is 19.7 Å². The highest BCUT2D eigenvalue weighted by Crippen LogP contribution is 2.13. The third-order valence-corrected chi connectivity index (χ3v) is 3.46. The molecule has 0 aliphatic rings. The van der Waals surface area contributed by atoms with Crippen molar-refractivity contribution in [3.05, 3.63) is 66.1 Å². The maximum absolute atomic E-state index is 5.13. The van der Waals surface area contributed by atoms with Gasteiger partial charge in [0.05, 0.1) is 19.9 Å². The summed E-state index contributed by atoms with van der Waals surface area (Å²) in [6.07, 6.45) is 5.61. The highest BCUT2D eigenvalue weighted by Gasteiger charge is 2.08. The summed E-state index contributed by atoms with van der Waals surface area (Å²) >= 11 is 0. The molecule has 0 aliphatic heterocycles. The minimum Gasteiger partial charge on any atom is -0.481 e. The van der Waals surface area contributed by atoms with E-state index in [-0.39, 0.29) is 0 Å². The van der Waals surface area contributed by atoms with E-state index in [9.17, 15) is 0 Å². The first-order valence-corrected chi connectivity index (χ1v) is 7.38. The van der Waals surface area contributed by atoms with Gasteiger partial charge in [-0.2, -0.15) is 10.1 Å². The maximum atomic E-state index is 5.13. The number of ether oxygens (including phenoxy) is 1. The molecule has 118 valence electrons. The Morgan fingerprint density at radius 1 is 1.13 bits per heavy atom. The molecule has 0 unspecified atom stereocenters. The number of anilines is 1. The number of aromatic nitrogens is 4. The zero-order valence-corrected chi connectivity index (χ0v) is 13.3. The zero-order chi connectivity index (χ0) is 16.1. The smallest absolute Gasteiger partial charge is 0.228 e. The molecule has 0 radical (unpaired) electrons. The number of hydrogen-bond acceptors (Lipinski definition) is 5. The lowest BCUT2D eigenvalue weighted by Gasteiger charge is -2.16. The molecule has 0 saturated carbocycles. The summed E-state index contributed by atoms with van der Waals surface area (Å²) in [5.41, 5.74) is 2.33. The Morgan fingerprint density at radius 3 is 2.74 bits per heavy atom. The van der Waals surface area contributed by atoms with Crippen LogP contribution in [-0.4, -0.2) is 33.9 Å². The maximum Gasteiger partial charge on any atom is 0.228 e. The van der Waals surface area contributed by atoms with Crippen molar-refractivity contribution in [1.29, 1.82) is 0 Å². The zero-order valence-electron chi connectivity index (χ0n) is 13.3. The summed E-state index contributed by atoms with van der Waals surface area (Å²) in [7, 11) is 3.54. The van der Waals surface area contributed by atoms with E-state index in [1.807, 2.05) is 47.2 Å². The third-order valence-electron chi connectivity index (χ3n) is 3.46. The minimum absolute atomic E-state index is 0.557. The van der Waals surface area contributed by atoms with Gasteiger partial charge in [-0.15, -0.1) is 0 Å². The average molecular weight is 309 g/mol. The molecule has 0 saturated heterocycles. The predicted octanol–water partition coefficient (Wildman–Crippen LogP) is 2.37. The Bertz CT molecular complexity index is 756. The fraction of sp³-hybridized carbons (Fsp3) is 0.235. The van der Waals surface area contributed by atoms with Crippen molar-refractivity contribution >= 4 is 5.95 Å². The number of hydrogen-bond donors (Lipinski definition) is 0. The van der Waals surface area contributed by atoms with Gasteiger partial charge in [-0.1, -0.05) is 30.3 Å². The number of nitrogens with zero attached hydrogens (tertiary/aromatic N) is 5. The van der Waals surface area contributed by atoms with Crippen LogP contribution < -0.4 is 9.64 Å². The second kappa shape index (κ2) is 6.91. The van der Waals surface area contributed by atoms with Gasteiger partial charge in [-0.05, 0) is 5.56 Å². The molecule has 0 N–H and O–H groups in total. The Morgan fingerprint density at radius 2 is 1.96 bits per heavy atom. The Balaban J connectivity index is 1.66. The fourth-order valence-electron chi connectivity index (χ4n) is 2.32. The number of benzene rings is 1. The van der Waals surface area contributed by atoms with E-state index in [0.717, 1.165) is 12.1 Å². The van der Waals surface area contributed by atoms with Crippen molar-refractivity contribution < 1.29 is 4.74 Å². The lowest BCUT2D eigenvalue weighted by atomic mass is 10.2. The van der Waals surface area contributed by atoms with Crippen molar-refractivity contribution in [2.75, 3.05) is 19.1 Å².